The van der Waals surface area contributed by atoms with E-state index in [4.69, 9.17) is 25.8 Å². The first-order chi connectivity index (χ1) is 16.5. The number of carbonyl (C=O) groups is 1. The van der Waals surface area contributed by atoms with Crippen LogP contribution in [0.1, 0.15) is 18.8 Å². The van der Waals surface area contributed by atoms with Crippen LogP contribution in [0.15, 0.2) is 72.9 Å². The molecule has 2 heterocycles. The topological polar surface area (TPSA) is 97.8 Å². The average Bonchev–Trinajstić information content (AvgIpc) is 3.31. The van der Waals surface area contributed by atoms with Crippen molar-refractivity contribution >= 4 is 40.6 Å². The van der Waals surface area contributed by atoms with E-state index < -0.39 is 6.29 Å². The third-order valence-corrected chi connectivity index (χ3v) is 5.04. The SMILES string of the molecule is COCCN(C1=COC(c2cccc(Cl)c2)O1)c1ccnc(Nc2ccc(NC(C)=O)cc2)n1. The van der Waals surface area contributed by atoms with Crippen LogP contribution in [0.2, 0.25) is 5.02 Å². The van der Waals surface area contributed by atoms with E-state index in [9.17, 15) is 4.79 Å². The number of ether oxygens (including phenoxy) is 3. The van der Waals surface area contributed by atoms with Crippen molar-refractivity contribution in [1.29, 1.82) is 0 Å². The molecule has 2 N–H and O–H groups in total. The van der Waals surface area contributed by atoms with Crippen LogP contribution in [-0.4, -0.2) is 36.1 Å². The minimum Gasteiger partial charge on any atom is -0.453 e. The van der Waals surface area contributed by atoms with E-state index in [1.54, 1.807) is 49.9 Å². The molecule has 9 nitrogen and oxygen atoms in total. The number of hydrogen-bond acceptors (Lipinski definition) is 8. The molecule has 1 atom stereocenters. The Labute approximate surface area is 202 Å². The molecule has 0 saturated heterocycles. The summed E-state index contributed by atoms with van der Waals surface area (Å²) < 4.78 is 17.1. The second-order valence-corrected chi connectivity index (χ2v) is 7.80. The van der Waals surface area contributed by atoms with Crippen molar-refractivity contribution in [2.45, 2.75) is 13.2 Å². The fourth-order valence-corrected chi connectivity index (χ4v) is 3.46. The van der Waals surface area contributed by atoms with Gasteiger partial charge in [0.2, 0.25) is 17.7 Å². The van der Waals surface area contributed by atoms with E-state index in [0.29, 0.717) is 41.5 Å². The smallest absolute Gasteiger partial charge is 0.268 e. The van der Waals surface area contributed by atoms with Gasteiger partial charge in [-0.3, -0.25) is 9.69 Å². The van der Waals surface area contributed by atoms with Crippen molar-refractivity contribution < 1.29 is 19.0 Å². The third-order valence-electron chi connectivity index (χ3n) is 4.80. The Kier molecular flexibility index (Phi) is 7.46. The number of nitrogens with one attached hydrogen (secondary N) is 2. The first-order valence-electron chi connectivity index (χ1n) is 10.5. The van der Waals surface area contributed by atoms with Crippen molar-refractivity contribution in [2.24, 2.45) is 0 Å². The number of carbonyl (C=O) groups excluding carboxylic acids is 1. The van der Waals surface area contributed by atoms with Gasteiger partial charge in [0.1, 0.15) is 12.1 Å². The van der Waals surface area contributed by atoms with Gasteiger partial charge in [-0.05, 0) is 42.5 Å². The molecule has 3 aromatic rings. The summed E-state index contributed by atoms with van der Waals surface area (Å²) in [6.07, 6.45) is 2.60. The lowest BCUT2D eigenvalue weighted by Gasteiger charge is -2.24. The van der Waals surface area contributed by atoms with Crippen molar-refractivity contribution in [3.8, 4) is 0 Å². The van der Waals surface area contributed by atoms with Crippen molar-refractivity contribution in [3.05, 3.63) is 83.5 Å². The molecule has 1 aliphatic heterocycles. The summed E-state index contributed by atoms with van der Waals surface area (Å²) in [5.41, 5.74) is 2.28. The van der Waals surface area contributed by atoms with E-state index >= 15 is 0 Å². The lowest BCUT2D eigenvalue weighted by molar-refractivity contribution is -0.114. The van der Waals surface area contributed by atoms with Gasteiger partial charge in [0.25, 0.3) is 6.29 Å². The van der Waals surface area contributed by atoms with Crippen LogP contribution in [0.4, 0.5) is 23.1 Å². The summed E-state index contributed by atoms with van der Waals surface area (Å²) in [5.74, 6) is 1.37. The molecule has 0 aliphatic carbocycles. The zero-order chi connectivity index (χ0) is 23.9. The van der Waals surface area contributed by atoms with Crippen molar-refractivity contribution in [3.63, 3.8) is 0 Å². The van der Waals surface area contributed by atoms with Crippen LogP contribution in [0.5, 0.6) is 0 Å². The molecule has 0 saturated carbocycles. The van der Waals surface area contributed by atoms with Crippen LogP contribution in [0, 0.1) is 0 Å². The zero-order valence-corrected chi connectivity index (χ0v) is 19.5. The van der Waals surface area contributed by atoms with Gasteiger partial charge in [-0.15, -0.1) is 0 Å². The highest BCUT2D eigenvalue weighted by Gasteiger charge is 2.27. The number of anilines is 4. The van der Waals surface area contributed by atoms with E-state index in [1.165, 1.54) is 6.92 Å². The molecule has 10 heteroatoms. The van der Waals surface area contributed by atoms with Crippen LogP contribution in [0.25, 0.3) is 0 Å². The summed E-state index contributed by atoms with van der Waals surface area (Å²) in [7, 11) is 1.63. The fourth-order valence-electron chi connectivity index (χ4n) is 3.26. The summed E-state index contributed by atoms with van der Waals surface area (Å²) in [4.78, 5) is 22.0. The Balaban J connectivity index is 1.50. The second kappa shape index (κ2) is 10.9. The maximum absolute atomic E-state index is 11.2. The molecular weight excluding hydrogens is 458 g/mol. The molecular formula is C24H24ClN5O4. The number of halogens is 1. The Morgan fingerprint density at radius 1 is 1.18 bits per heavy atom. The fraction of sp³-hybridized carbons (Fsp3) is 0.208. The summed E-state index contributed by atoms with van der Waals surface area (Å²) in [6, 6.07) is 16.3. The summed E-state index contributed by atoms with van der Waals surface area (Å²) in [6.45, 7) is 2.39. The molecule has 0 spiro atoms. The molecule has 34 heavy (non-hydrogen) atoms. The molecule has 1 aromatic heterocycles. The predicted octanol–water partition coefficient (Wildman–Crippen LogP) is 4.83. The molecule has 0 fully saturated rings. The average molecular weight is 482 g/mol. The van der Waals surface area contributed by atoms with Gasteiger partial charge in [-0.25, -0.2) is 4.98 Å². The standard InChI is InChI=1S/C24H24ClN5O4/c1-16(31)27-19-6-8-20(9-7-19)28-24-26-11-10-21(29-24)30(12-13-32-2)22-15-33-23(34-22)17-4-3-5-18(25)14-17/h3-11,14-15,23H,12-13H2,1-2H3,(H,27,31)(H,26,28,29). The Morgan fingerprint density at radius 2 is 1.97 bits per heavy atom. The molecule has 0 radical (unpaired) electrons. The Hall–Kier alpha value is -3.82. The highest BCUT2D eigenvalue weighted by molar-refractivity contribution is 6.30. The first kappa shape index (κ1) is 23.3. The number of nitrogens with zero attached hydrogens (tertiary/aromatic N) is 3. The lowest BCUT2D eigenvalue weighted by atomic mass is 10.2. The molecule has 1 amide bonds. The molecule has 0 bridgehead atoms. The molecule has 4 rings (SSSR count). The van der Waals surface area contributed by atoms with E-state index in [-0.39, 0.29) is 5.91 Å². The predicted molar refractivity (Wildman–Crippen MR) is 130 cm³/mol. The first-order valence-corrected chi connectivity index (χ1v) is 10.9. The normalized spacial score (nSPS) is 14.6. The number of hydrogen-bond donors (Lipinski definition) is 2. The van der Waals surface area contributed by atoms with E-state index in [1.807, 2.05) is 29.2 Å². The minimum absolute atomic E-state index is 0.127. The maximum Gasteiger partial charge on any atom is 0.268 e. The third kappa shape index (κ3) is 5.94. The van der Waals surface area contributed by atoms with Crippen molar-refractivity contribution in [2.75, 3.05) is 35.8 Å². The van der Waals surface area contributed by atoms with E-state index in [2.05, 4.69) is 20.6 Å². The van der Waals surface area contributed by atoms with Crippen LogP contribution < -0.4 is 15.5 Å². The van der Waals surface area contributed by atoms with Crippen LogP contribution in [0.3, 0.4) is 0 Å². The van der Waals surface area contributed by atoms with Gasteiger partial charge in [-0.1, -0.05) is 23.7 Å². The number of rotatable bonds is 9. The van der Waals surface area contributed by atoms with Gasteiger partial charge in [-0.2, -0.15) is 4.98 Å². The van der Waals surface area contributed by atoms with Crippen LogP contribution >= 0.6 is 11.6 Å². The number of aromatic nitrogens is 2. The molecule has 1 unspecified atom stereocenters. The minimum atomic E-state index is -0.611. The lowest BCUT2D eigenvalue weighted by Crippen LogP contribution is -2.28. The molecule has 176 valence electrons. The largest absolute Gasteiger partial charge is 0.453 e. The summed E-state index contributed by atoms with van der Waals surface area (Å²) in [5, 5.41) is 6.50. The second-order valence-electron chi connectivity index (χ2n) is 7.36. The van der Waals surface area contributed by atoms with Gasteiger partial charge in [0, 0.05) is 42.2 Å². The monoisotopic (exact) mass is 481 g/mol. The molecule has 2 aromatic carbocycles. The van der Waals surface area contributed by atoms with Gasteiger partial charge >= 0.3 is 0 Å². The Bertz CT molecular complexity index is 1170. The highest BCUT2D eigenvalue weighted by Crippen LogP contribution is 2.33. The van der Waals surface area contributed by atoms with Crippen LogP contribution in [-0.2, 0) is 19.0 Å². The number of amides is 1. The summed E-state index contributed by atoms with van der Waals surface area (Å²) >= 11 is 6.10. The Morgan fingerprint density at radius 3 is 2.71 bits per heavy atom. The van der Waals surface area contributed by atoms with Gasteiger partial charge < -0.3 is 24.8 Å². The number of benzene rings is 2. The van der Waals surface area contributed by atoms with E-state index in [0.717, 1.165) is 11.3 Å². The van der Waals surface area contributed by atoms with Gasteiger partial charge in [0.05, 0.1) is 13.2 Å². The highest BCUT2D eigenvalue weighted by atomic mass is 35.5. The quantitative estimate of drug-likeness (QED) is 0.448. The maximum atomic E-state index is 11.2. The van der Waals surface area contributed by atoms with Crippen molar-refractivity contribution in [1.82, 2.24) is 9.97 Å². The molecule has 1 aliphatic rings. The zero-order valence-electron chi connectivity index (χ0n) is 18.7. The van der Waals surface area contributed by atoms with Gasteiger partial charge in [0.15, 0.2) is 0 Å². The number of methoxy groups -OCH3 is 1.